The molecule has 0 bridgehead atoms. The maximum Gasteiger partial charge on any atom is 0.133 e. The van der Waals surface area contributed by atoms with Gasteiger partial charge in [-0.05, 0) is 24.7 Å². The van der Waals surface area contributed by atoms with Crippen LogP contribution in [0.5, 0.6) is 0 Å². The van der Waals surface area contributed by atoms with Crippen molar-refractivity contribution < 1.29 is 9.15 Å². The fraction of sp³-hybridized carbons (Fsp3) is 0.400. The minimum absolute atomic E-state index is 0.514. The maximum absolute atomic E-state index is 5.64. The molecule has 0 amide bonds. The number of aromatic nitrogens is 1. The van der Waals surface area contributed by atoms with E-state index < -0.39 is 0 Å². The minimum Gasteiger partial charge on any atom is -0.467 e. The first-order chi connectivity index (χ1) is 9.40. The molecule has 0 aliphatic heterocycles. The molecule has 1 N–H and O–H groups in total. The SMILES string of the molecule is CCNCc1ccoc1COCCc1ccccn1. The van der Waals surface area contributed by atoms with Gasteiger partial charge in [-0.15, -0.1) is 0 Å². The molecule has 2 aromatic rings. The Labute approximate surface area is 113 Å². The highest BCUT2D eigenvalue weighted by Gasteiger charge is 2.05. The van der Waals surface area contributed by atoms with Crippen molar-refractivity contribution in [2.24, 2.45) is 0 Å². The molecular weight excluding hydrogens is 240 g/mol. The van der Waals surface area contributed by atoms with Crippen LogP contribution in [0.25, 0.3) is 0 Å². The van der Waals surface area contributed by atoms with Gasteiger partial charge in [-0.25, -0.2) is 0 Å². The molecule has 19 heavy (non-hydrogen) atoms. The standard InChI is InChI=1S/C15H20N2O2/c1-2-16-11-13-6-10-19-15(13)12-18-9-7-14-5-3-4-8-17-14/h3-6,8,10,16H,2,7,9,11-12H2,1H3. The Kier molecular flexibility index (Phi) is 5.59. The van der Waals surface area contributed by atoms with E-state index in [9.17, 15) is 0 Å². The number of hydrogen-bond donors (Lipinski definition) is 1. The van der Waals surface area contributed by atoms with Crippen LogP contribution in [0.15, 0.2) is 41.1 Å². The molecule has 2 aromatic heterocycles. The van der Waals surface area contributed by atoms with Crippen LogP contribution in [0.4, 0.5) is 0 Å². The molecule has 0 unspecified atom stereocenters. The van der Waals surface area contributed by atoms with Crippen LogP contribution < -0.4 is 5.32 Å². The summed E-state index contributed by atoms with van der Waals surface area (Å²) in [5.74, 6) is 0.905. The first kappa shape index (κ1) is 13.8. The van der Waals surface area contributed by atoms with Crippen molar-refractivity contribution in [2.45, 2.75) is 26.5 Å². The Hall–Kier alpha value is -1.65. The highest BCUT2D eigenvalue weighted by atomic mass is 16.5. The largest absolute Gasteiger partial charge is 0.467 e. The van der Waals surface area contributed by atoms with Crippen molar-refractivity contribution in [1.29, 1.82) is 0 Å². The Morgan fingerprint density at radius 2 is 2.26 bits per heavy atom. The van der Waals surface area contributed by atoms with Crippen LogP contribution in [-0.4, -0.2) is 18.1 Å². The summed E-state index contributed by atoms with van der Waals surface area (Å²) in [6, 6.07) is 7.90. The van der Waals surface area contributed by atoms with Gasteiger partial charge >= 0.3 is 0 Å². The molecule has 0 saturated heterocycles. The third-order valence-electron chi connectivity index (χ3n) is 2.86. The molecule has 2 heterocycles. The van der Waals surface area contributed by atoms with Crippen LogP contribution >= 0.6 is 0 Å². The molecule has 0 aliphatic carbocycles. The quantitative estimate of drug-likeness (QED) is 0.741. The predicted molar refractivity (Wildman–Crippen MR) is 73.7 cm³/mol. The number of ether oxygens (including phenoxy) is 1. The average Bonchev–Trinajstić information content (AvgIpc) is 2.90. The van der Waals surface area contributed by atoms with E-state index >= 15 is 0 Å². The van der Waals surface area contributed by atoms with E-state index in [0.717, 1.165) is 31.0 Å². The molecule has 0 fully saturated rings. The van der Waals surface area contributed by atoms with Gasteiger partial charge in [-0.2, -0.15) is 0 Å². The summed E-state index contributed by atoms with van der Waals surface area (Å²) in [6.45, 7) is 5.03. The van der Waals surface area contributed by atoms with Gasteiger partial charge in [0.25, 0.3) is 0 Å². The fourth-order valence-electron chi connectivity index (χ4n) is 1.80. The average molecular weight is 260 g/mol. The summed E-state index contributed by atoms with van der Waals surface area (Å²) in [5, 5.41) is 3.28. The number of pyridine rings is 1. The van der Waals surface area contributed by atoms with E-state index in [2.05, 4.69) is 17.2 Å². The van der Waals surface area contributed by atoms with E-state index in [1.807, 2.05) is 24.3 Å². The van der Waals surface area contributed by atoms with Crippen LogP contribution in [0.3, 0.4) is 0 Å². The van der Waals surface area contributed by atoms with Gasteiger partial charge in [-0.3, -0.25) is 4.98 Å². The lowest BCUT2D eigenvalue weighted by molar-refractivity contribution is 0.107. The Morgan fingerprint density at radius 1 is 1.32 bits per heavy atom. The van der Waals surface area contributed by atoms with Gasteiger partial charge in [0.1, 0.15) is 12.4 Å². The summed E-state index contributed by atoms with van der Waals surface area (Å²) >= 11 is 0. The van der Waals surface area contributed by atoms with Gasteiger partial charge in [0.2, 0.25) is 0 Å². The van der Waals surface area contributed by atoms with Crippen molar-refractivity contribution in [1.82, 2.24) is 10.3 Å². The maximum atomic E-state index is 5.64. The van der Waals surface area contributed by atoms with Gasteiger partial charge < -0.3 is 14.5 Å². The highest BCUT2D eigenvalue weighted by Crippen LogP contribution is 2.11. The summed E-state index contributed by atoms with van der Waals surface area (Å²) in [6.07, 6.45) is 4.34. The molecule has 4 nitrogen and oxygen atoms in total. The van der Waals surface area contributed by atoms with Crippen molar-refractivity contribution >= 4 is 0 Å². The van der Waals surface area contributed by atoms with E-state index in [4.69, 9.17) is 9.15 Å². The molecule has 0 saturated carbocycles. The molecule has 2 rings (SSSR count). The first-order valence-electron chi connectivity index (χ1n) is 6.63. The summed E-state index contributed by atoms with van der Waals surface area (Å²) in [7, 11) is 0. The normalized spacial score (nSPS) is 10.8. The second kappa shape index (κ2) is 7.71. The highest BCUT2D eigenvalue weighted by molar-refractivity contribution is 5.16. The third kappa shape index (κ3) is 4.50. The monoisotopic (exact) mass is 260 g/mol. The Morgan fingerprint density at radius 3 is 3.05 bits per heavy atom. The molecule has 0 aromatic carbocycles. The van der Waals surface area contributed by atoms with Crippen LogP contribution in [-0.2, 0) is 24.3 Å². The molecule has 0 spiro atoms. The lowest BCUT2D eigenvalue weighted by Crippen LogP contribution is -2.12. The summed E-state index contributed by atoms with van der Waals surface area (Å²) < 4.78 is 11.1. The van der Waals surface area contributed by atoms with E-state index in [1.165, 1.54) is 5.56 Å². The summed E-state index contributed by atoms with van der Waals surface area (Å²) in [5.41, 5.74) is 2.22. The lowest BCUT2D eigenvalue weighted by atomic mass is 10.2. The Balaban J connectivity index is 1.72. The predicted octanol–water partition coefficient (Wildman–Crippen LogP) is 2.54. The number of furan rings is 1. The molecule has 0 radical (unpaired) electrons. The smallest absolute Gasteiger partial charge is 0.133 e. The topological polar surface area (TPSA) is 47.3 Å². The molecule has 0 atom stereocenters. The number of nitrogens with one attached hydrogen (secondary N) is 1. The fourth-order valence-corrected chi connectivity index (χ4v) is 1.80. The number of hydrogen-bond acceptors (Lipinski definition) is 4. The van der Waals surface area contributed by atoms with Gasteiger partial charge in [0, 0.05) is 30.4 Å². The first-order valence-corrected chi connectivity index (χ1v) is 6.63. The van der Waals surface area contributed by atoms with Crippen molar-refractivity contribution in [3.63, 3.8) is 0 Å². The summed E-state index contributed by atoms with van der Waals surface area (Å²) in [4.78, 5) is 4.26. The zero-order valence-corrected chi connectivity index (χ0v) is 11.3. The molecular formula is C15H20N2O2. The minimum atomic E-state index is 0.514. The van der Waals surface area contributed by atoms with E-state index in [-0.39, 0.29) is 0 Å². The second-order valence-electron chi connectivity index (χ2n) is 4.27. The number of rotatable bonds is 8. The van der Waals surface area contributed by atoms with Crippen LogP contribution in [0, 0.1) is 0 Å². The van der Waals surface area contributed by atoms with Crippen LogP contribution in [0.2, 0.25) is 0 Å². The Bertz CT molecular complexity index is 468. The number of nitrogens with zero attached hydrogens (tertiary/aromatic N) is 1. The van der Waals surface area contributed by atoms with Crippen LogP contribution in [0.1, 0.15) is 23.9 Å². The van der Waals surface area contributed by atoms with Gasteiger partial charge in [0.05, 0.1) is 12.9 Å². The van der Waals surface area contributed by atoms with Gasteiger partial charge in [-0.1, -0.05) is 13.0 Å². The van der Waals surface area contributed by atoms with Crippen molar-refractivity contribution in [3.05, 3.63) is 53.7 Å². The lowest BCUT2D eigenvalue weighted by Gasteiger charge is -2.05. The zero-order chi connectivity index (χ0) is 13.3. The molecule has 102 valence electrons. The van der Waals surface area contributed by atoms with Crippen molar-refractivity contribution in [2.75, 3.05) is 13.2 Å². The van der Waals surface area contributed by atoms with E-state index in [1.54, 1.807) is 12.5 Å². The second-order valence-corrected chi connectivity index (χ2v) is 4.27. The van der Waals surface area contributed by atoms with E-state index in [0.29, 0.717) is 13.2 Å². The van der Waals surface area contributed by atoms with Crippen molar-refractivity contribution in [3.8, 4) is 0 Å². The van der Waals surface area contributed by atoms with Gasteiger partial charge in [0.15, 0.2) is 0 Å². The molecule has 4 heteroatoms. The zero-order valence-electron chi connectivity index (χ0n) is 11.3. The third-order valence-corrected chi connectivity index (χ3v) is 2.86. The molecule has 0 aliphatic rings.